The zero-order valence-corrected chi connectivity index (χ0v) is 11.3. The van der Waals surface area contributed by atoms with Crippen molar-refractivity contribution >= 4 is 17.3 Å². The van der Waals surface area contributed by atoms with Crippen molar-refractivity contribution in [2.24, 2.45) is 0 Å². The van der Waals surface area contributed by atoms with Gasteiger partial charge in [-0.15, -0.1) is 0 Å². The van der Waals surface area contributed by atoms with Crippen LogP contribution in [0, 0.1) is 0 Å². The van der Waals surface area contributed by atoms with Crippen molar-refractivity contribution in [1.29, 1.82) is 0 Å². The number of carbonyl (C=O) groups excluding carboxylic acids is 1. The first kappa shape index (κ1) is 12.3. The van der Waals surface area contributed by atoms with Gasteiger partial charge >= 0.3 is 0 Å². The summed E-state index contributed by atoms with van der Waals surface area (Å²) in [5, 5.41) is 0. The second kappa shape index (κ2) is 5.11. The Morgan fingerprint density at radius 2 is 1.95 bits per heavy atom. The first-order valence-electron chi connectivity index (χ1n) is 7.16. The van der Waals surface area contributed by atoms with Crippen LogP contribution in [0.1, 0.15) is 24.8 Å². The largest absolute Gasteiger partial charge is 0.398 e. The maximum absolute atomic E-state index is 12.3. The average molecular weight is 259 g/mol. The summed E-state index contributed by atoms with van der Waals surface area (Å²) in [5.74, 6) is 0.257. The molecule has 0 bridgehead atoms. The summed E-state index contributed by atoms with van der Waals surface area (Å²) in [4.78, 5) is 16.4. The Bertz CT molecular complexity index is 480. The van der Waals surface area contributed by atoms with Gasteiger partial charge in [0.2, 0.25) is 5.91 Å². The molecule has 4 heteroatoms. The topological polar surface area (TPSA) is 49.6 Å². The highest BCUT2D eigenvalue weighted by Crippen LogP contribution is 2.31. The number of nitrogens with zero attached hydrogens (tertiary/aromatic N) is 2. The molecule has 102 valence electrons. The third kappa shape index (κ3) is 2.39. The molecule has 0 radical (unpaired) electrons. The van der Waals surface area contributed by atoms with Crippen molar-refractivity contribution in [3.63, 3.8) is 0 Å². The lowest BCUT2D eigenvalue weighted by Gasteiger charge is -2.32. The standard InChI is InChI=1S/C15H21N3O/c16-13-6-3-7-14-12(13)5-4-10-18(14)11-15(19)17-8-1-2-9-17/h3,6-7H,1-2,4-5,8-11,16H2. The molecule has 2 N–H and O–H groups in total. The van der Waals surface area contributed by atoms with E-state index in [-0.39, 0.29) is 5.91 Å². The fourth-order valence-electron chi connectivity index (χ4n) is 3.12. The minimum atomic E-state index is 0.257. The van der Waals surface area contributed by atoms with Crippen LogP contribution in [0.5, 0.6) is 0 Å². The van der Waals surface area contributed by atoms with Gasteiger partial charge in [-0.2, -0.15) is 0 Å². The Morgan fingerprint density at radius 1 is 1.16 bits per heavy atom. The minimum Gasteiger partial charge on any atom is -0.398 e. The molecule has 1 aromatic carbocycles. The highest BCUT2D eigenvalue weighted by Gasteiger charge is 2.24. The molecule has 1 amide bonds. The Kier molecular flexibility index (Phi) is 3.32. The molecular weight excluding hydrogens is 238 g/mol. The van der Waals surface area contributed by atoms with Crippen molar-refractivity contribution in [2.75, 3.05) is 36.8 Å². The van der Waals surface area contributed by atoms with Gasteiger partial charge in [-0.1, -0.05) is 6.07 Å². The van der Waals surface area contributed by atoms with Crippen molar-refractivity contribution < 1.29 is 4.79 Å². The number of benzene rings is 1. The van der Waals surface area contributed by atoms with Gasteiger partial charge in [-0.25, -0.2) is 0 Å². The Balaban J connectivity index is 1.76. The van der Waals surface area contributed by atoms with E-state index in [1.165, 1.54) is 5.56 Å². The van der Waals surface area contributed by atoms with Gasteiger partial charge in [0.25, 0.3) is 0 Å². The van der Waals surface area contributed by atoms with E-state index in [9.17, 15) is 4.79 Å². The predicted octanol–water partition coefficient (Wildman–Crippen LogP) is 1.64. The molecule has 19 heavy (non-hydrogen) atoms. The Labute approximate surface area is 114 Å². The number of nitrogens with two attached hydrogens (primary N) is 1. The SMILES string of the molecule is Nc1cccc2c1CCCN2CC(=O)N1CCCC1. The smallest absolute Gasteiger partial charge is 0.242 e. The number of rotatable bonds is 2. The molecule has 0 aliphatic carbocycles. The summed E-state index contributed by atoms with van der Waals surface area (Å²) in [6.07, 6.45) is 4.40. The molecule has 3 rings (SSSR count). The quantitative estimate of drug-likeness (QED) is 0.822. The summed E-state index contributed by atoms with van der Waals surface area (Å²) in [5.41, 5.74) is 9.25. The van der Waals surface area contributed by atoms with E-state index in [2.05, 4.69) is 11.0 Å². The number of amides is 1. The molecular formula is C15H21N3O. The zero-order chi connectivity index (χ0) is 13.2. The van der Waals surface area contributed by atoms with Crippen molar-refractivity contribution in [1.82, 2.24) is 4.90 Å². The van der Waals surface area contributed by atoms with Crippen molar-refractivity contribution in [2.45, 2.75) is 25.7 Å². The third-order valence-electron chi connectivity index (χ3n) is 4.17. The van der Waals surface area contributed by atoms with E-state index in [4.69, 9.17) is 5.73 Å². The minimum absolute atomic E-state index is 0.257. The fourth-order valence-corrected chi connectivity index (χ4v) is 3.12. The molecule has 1 saturated heterocycles. The molecule has 2 heterocycles. The maximum Gasteiger partial charge on any atom is 0.242 e. The monoisotopic (exact) mass is 259 g/mol. The molecule has 2 aliphatic rings. The number of anilines is 2. The number of fused-ring (bicyclic) bond motifs is 1. The van der Waals surface area contributed by atoms with Gasteiger partial charge in [0.1, 0.15) is 0 Å². The van der Waals surface area contributed by atoms with E-state index in [0.717, 1.165) is 56.7 Å². The molecule has 4 nitrogen and oxygen atoms in total. The van der Waals surface area contributed by atoms with E-state index >= 15 is 0 Å². The lowest BCUT2D eigenvalue weighted by atomic mass is 10.00. The van der Waals surface area contributed by atoms with Crippen LogP contribution < -0.4 is 10.6 Å². The lowest BCUT2D eigenvalue weighted by molar-refractivity contribution is -0.128. The van der Waals surface area contributed by atoms with Crippen LogP contribution in [0.4, 0.5) is 11.4 Å². The lowest BCUT2D eigenvalue weighted by Crippen LogP contribution is -2.41. The fraction of sp³-hybridized carbons (Fsp3) is 0.533. The summed E-state index contributed by atoms with van der Waals surface area (Å²) in [7, 11) is 0. The zero-order valence-electron chi connectivity index (χ0n) is 11.3. The molecule has 0 atom stereocenters. The molecule has 2 aliphatic heterocycles. The maximum atomic E-state index is 12.3. The Morgan fingerprint density at radius 3 is 2.74 bits per heavy atom. The molecule has 1 aromatic rings. The predicted molar refractivity (Wildman–Crippen MR) is 77.2 cm³/mol. The van der Waals surface area contributed by atoms with E-state index in [1.807, 2.05) is 17.0 Å². The number of hydrogen-bond donors (Lipinski definition) is 1. The second-order valence-corrected chi connectivity index (χ2v) is 5.46. The van der Waals surface area contributed by atoms with Crippen LogP contribution in [-0.2, 0) is 11.2 Å². The third-order valence-corrected chi connectivity index (χ3v) is 4.17. The molecule has 0 spiro atoms. The first-order valence-corrected chi connectivity index (χ1v) is 7.16. The highest BCUT2D eigenvalue weighted by molar-refractivity contribution is 5.83. The summed E-state index contributed by atoms with van der Waals surface area (Å²) in [6.45, 7) is 3.30. The van der Waals surface area contributed by atoms with Gasteiger partial charge in [0, 0.05) is 31.0 Å². The van der Waals surface area contributed by atoms with Crippen molar-refractivity contribution in [3.8, 4) is 0 Å². The molecule has 0 aromatic heterocycles. The van der Waals surface area contributed by atoms with Crippen LogP contribution in [0.15, 0.2) is 18.2 Å². The van der Waals surface area contributed by atoms with Gasteiger partial charge in [0.05, 0.1) is 6.54 Å². The van der Waals surface area contributed by atoms with Crippen molar-refractivity contribution in [3.05, 3.63) is 23.8 Å². The van der Waals surface area contributed by atoms with Crippen LogP contribution in [0.3, 0.4) is 0 Å². The normalized spacial score (nSPS) is 18.5. The van der Waals surface area contributed by atoms with E-state index in [0.29, 0.717) is 6.54 Å². The molecule has 0 unspecified atom stereocenters. The van der Waals surface area contributed by atoms with Crippen LogP contribution in [0.2, 0.25) is 0 Å². The van der Waals surface area contributed by atoms with Crippen LogP contribution >= 0.6 is 0 Å². The number of nitrogen functional groups attached to an aromatic ring is 1. The van der Waals surface area contributed by atoms with Crippen LogP contribution in [0.25, 0.3) is 0 Å². The van der Waals surface area contributed by atoms with Gasteiger partial charge in [0.15, 0.2) is 0 Å². The average Bonchev–Trinajstić information content (AvgIpc) is 2.94. The number of likely N-dealkylation sites (tertiary alicyclic amines) is 1. The van der Waals surface area contributed by atoms with Gasteiger partial charge in [-0.3, -0.25) is 4.79 Å². The summed E-state index contributed by atoms with van der Waals surface area (Å²) in [6, 6.07) is 6.01. The van der Waals surface area contributed by atoms with E-state index in [1.54, 1.807) is 0 Å². The van der Waals surface area contributed by atoms with E-state index < -0.39 is 0 Å². The van der Waals surface area contributed by atoms with Crippen LogP contribution in [-0.4, -0.2) is 37.0 Å². The molecule has 1 fully saturated rings. The molecule has 0 saturated carbocycles. The first-order chi connectivity index (χ1) is 9.25. The number of hydrogen-bond acceptors (Lipinski definition) is 3. The number of carbonyl (C=O) groups is 1. The van der Waals surface area contributed by atoms with Gasteiger partial charge < -0.3 is 15.5 Å². The van der Waals surface area contributed by atoms with Gasteiger partial charge in [-0.05, 0) is 43.4 Å². The summed E-state index contributed by atoms with van der Waals surface area (Å²) >= 11 is 0. The second-order valence-electron chi connectivity index (χ2n) is 5.46. The Hall–Kier alpha value is -1.71. The highest BCUT2D eigenvalue weighted by atomic mass is 16.2. The summed E-state index contributed by atoms with van der Waals surface area (Å²) < 4.78 is 0.